The van der Waals surface area contributed by atoms with Crippen molar-refractivity contribution in [3.63, 3.8) is 0 Å². The zero-order valence-corrected chi connectivity index (χ0v) is 20.0. The minimum atomic E-state index is -0.766. The summed E-state index contributed by atoms with van der Waals surface area (Å²) in [5, 5.41) is 12.6. The standard InChI is InChI=1S/C27H27FN6O/c1-17(21-11-7-8-19(14-29)23(21)28)30-25-22-15-34(20-9-5-4-6-10-20)26(35)27(12-13-33(3)16-27)24(22)31-18(2)32-25/h4-11,17H,12-13,15-16H2,1-3H3,(H,30,31,32)/t17-,27+/m1/s1. The van der Waals surface area contributed by atoms with Gasteiger partial charge in [0, 0.05) is 23.4 Å². The van der Waals surface area contributed by atoms with Gasteiger partial charge in [-0.25, -0.2) is 14.4 Å². The van der Waals surface area contributed by atoms with Gasteiger partial charge in [0.2, 0.25) is 5.91 Å². The van der Waals surface area contributed by atoms with Crippen molar-refractivity contribution in [3.05, 3.63) is 82.6 Å². The normalized spacial score (nSPS) is 20.5. The van der Waals surface area contributed by atoms with Gasteiger partial charge in [0.05, 0.1) is 23.8 Å². The number of nitriles is 1. The van der Waals surface area contributed by atoms with Gasteiger partial charge < -0.3 is 15.1 Å². The maximum atomic E-state index is 14.9. The average molecular weight is 471 g/mol. The minimum Gasteiger partial charge on any atom is -0.363 e. The van der Waals surface area contributed by atoms with Gasteiger partial charge in [-0.15, -0.1) is 0 Å². The Morgan fingerprint density at radius 3 is 2.63 bits per heavy atom. The first-order chi connectivity index (χ1) is 16.8. The molecule has 0 saturated carbocycles. The molecule has 0 aliphatic carbocycles. The number of fused-ring (bicyclic) bond motifs is 2. The van der Waals surface area contributed by atoms with E-state index in [1.54, 1.807) is 12.1 Å². The summed E-state index contributed by atoms with van der Waals surface area (Å²) in [6.07, 6.45) is 0.670. The molecule has 3 heterocycles. The number of aryl methyl sites for hydroxylation is 1. The quantitative estimate of drug-likeness (QED) is 0.618. The molecule has 1 fully saturated rings. The molecule has 2 aliphatic rings. The molecule has 1 amide bonds. The van der Waals surface area contributed by atoms with Gasteiger partial charge in [0.15, 0.2) is 0 Å². The lowest BCUT2D eigenvalue weighted by atomic mass is 9.76. The lowest BCUT2D eigenvalue weighted by Crippen LogP contribution is -2.53. The van der Waals surface area contributed by atoms with Crippen LogP contribution in [0.3, 0.4) is 0 Å². The Hall–Kier alpha value is -3.83. The number of hydrogen-bond acceptors (Lipinski definition) is 6. The van der Waals surface area contributed by atoms with E-state index in [9.17, 15) is 14.4 Å². The second-order valence-corrected chi connectivity index (χ2v) is 9.43. The number of carbonyl (C=O) groups excluding carboxylic acids is 1. The Bertz CT molecular complexity index is 1340. The number of likely N-dealkylation sites (N-methyl/N-ethyl adjacent to an activating group) is 1. The van der Waals surface area contributed by atoms with Crippen molar-refractivity contribution in [3.8, 4) is 6.07 Å². The van der Waals surface area contributed by atoms with Crippen LogP contribution in [0.1, 0.15) is 47.6 Å². The molecule has 2 aliphatic heterocycles. The highest BCUT2D eigenvalue weighted by Gasteiger charge is 2.53. The van der Waals surface area contributed by atoms with Crippen molar-refractivity contribution >= 4 is 17.4 Å². The van der Waals surface area contributed by atoms with Gasteiger partial charge in [-0.05, 0) is 52.1 Å². The molecule has 0 unspecified atom stereocenters. The second-order valence-electron chi connectivity index (χ2n) is 9.43. The largest absolute Gasteiger partial charge is 0.363 e. The molecule has 0 radical (unpaired) electrons. The number of halogens is 1. The zero-order valence-electron chi connectivity index (χ0n) is 20.0. The second kappa shape index (κ2) is 8.75. The molecule has 8 heteroatoms. The molecule has 1 spiro atoms. The number of nitrogens with one attached hydrogen (secondary N) is 1. The maximum absolute atomic E-state index is 14.9. The van der Waals surface area contributed by atoms with Crippen LogP contribution in [0.15, 0.2) is 48.5 Å². The fourth-order valence-electron chi connectivity index (χ4n) is 5.29. The Kier molecular flexibility index (Phi) is 5.73. The highest BCUT2D eigenvalue weighted by atomic mass is 19.1. The van der Waals surface area contributed by atoms with Crippen LogP contribution in [0.5, 0.6) is 0 Å². The van der Waals surface area contributed by atoms with Crippen LogP contribution in [0.25, 0.3) is 0 Å². The van der Waals surface area contributed by atoms with Gasteiger partial charge in [-0.1, -0.05) is 30.3 Å². The van der Waals surface area contributed by atoms with Crippen molar-refractivity contribution in [2.75, 3.05) is 30.4 Å². The smallest absolute Gasteiger partial charge is 0.240 e. The van der Waals surface area contributed by atoms with Crippen LogP contribution in [0.2, 0.25) is 0 Å². The van der Waals surface area contributed by atoms with E-state index in [1.807, 2.05) is 62.2 Å². The number of anilines is 2. The van der Waals surface area contributed by atoms with E-state index < -0.39 is 17.3 Å². The van der Waals surface area contributed by atoms with E-state index in [1.165, 1.54) is 6.07 Å². The molecule has 2 aromatic carbocycles. The Morgan fingerprint density at radius 1 is 1.17 bits per heavy atom. The van der Waals surface area contributed by atoms with Crippen molar-refractivity contribution in [2.24, 2.45) is 0 Å². The molecule has 178 valence electrons. The Morgan fingerprint density at radius 2 is 1.94 bits per heavy atom. The van der Waals surface area contributed by atoms with Crippen LogP contribution in [0, 0.1) is 24.1 Å². The van der Waals surface area contributed by atoms with Crippen molar-refractivity contribution < 1.29 is 9.18 Å². The molecule has 3 aromatic rings. The number of amides is 1. The van der Waals surface area contributed by atoms with E-state index in [0.29, 0.717) is 36.7 Å². The first-order valence-electron chi connectivity index (χ1n) is 11.7. The van der Waals surface area contributed by atoms with Crippen LogP contribution < -0.4 is 10.2 Å². The molecule has 2 atom stereocenters. The third-order valence-electron chi connectivity index (χ3n) is 7.04. The molecule has 1 aromatic heterocycles. The summed E-state index contributed by atoms with van der Waals surface area (Å²) in [6.45, 7) is 5.34. The number of para-hydroxylation sites is 1. The van der Waals surface area contributed by atoms with Gasteiger partial charge >= 0.3 is 0 Å². The summed E-state index contributed by atoms with van der Waals surface area (Å²) in [5.74, 6) is 0.652. The predicted octanol–water partition coefficient (Wildman–Crippen LogP) is 4.09. The number of likely N-dealkylation sites (tertiary alicyclic amines) is 1. The van der Waals surface area contributed by atoms with Crippen LogP contribution in [-0.2, 0) is 16.8 Å². The topological polar surface area (TPSA) is 85.1 Å². The Labute approximate surface area is 204 Å². The highest BCUT2D eigenvalue weighted by molar-refractivity contribution is 6.03. The van der Waals surface area contributed by atoms with Crippen LogP contribution in [0.4, 0.5) is 15.9 Å². The van der Waals surface area contributed by atoms with E-state index in [2.05, 4.69) is 15.2 Å². The lowest BCUT2D eigenvalue weighted by Gasteiger charge is -2.40. The first-order valence-corrected chi connectivity index (χ1v) is 11.7. The summed E-state index contributed by atoms with van der Waals surface area (Å²) < 4.78 is 14.9. The van der Waals surface area contributed by atoms with Crippen molar-refractivity contribution in [1.29, 1.82) is 5.26 Å². The van der Waals surface area contributed by atoms with Crippen molar-refractivity contribution in [1.82, 2.24) is 14.9 Å². The van der Waals surface area contributed by atoms with Gasteiger partial charge in [-0.2, -0.15) is 5.26 Å². The number of nitrogens with zero attached hydrogens (tertiary/aromatic N) is 5. The zero-order chi connectivity index (χ0) is 24.7. The number of hydrogen-bond donors (Lipinski definition) is 1. The Balaban J connectivity index is 1.62. The lowest BCUT2D eigenvalue weighted by molar-refractivity contribution is -0.124. The summed E-state index contributed by atoms with van der Waals surface area (Å²) >= 11 is 0. The highest BCUT2D eigenvalue weighted by Crippen LogP contribution is 2.44. The number of carbonyl (C=O) groups is 1. The predicted molar refractivity (Wildman–Crippen MR) is 131 cm³/mol. The van der Waals surface area contributed by atoms with Crippen LogP contribution >= 0.6 is 0 Å². The molecular weight excluding hydrogens is 443 g/mol. The van der Waals surface area contributed by atoms with E-state index in [4.69, 9.17) is 4.98 Å². The summed E-state index contributed by atoms with van der Waals surface area (Å²) in [5.41, 5.74) is 2.05. The van der Waals surface area contributed by atoms with Crippen molar-refractivity contribution in [2.45, 2.75) is 38.3 Å². The number of benzene rings is 2. The fourth-order valence-corrected chi connectivity index (χ4v) is 5.29. The minimum absolute atomic E-state index is 0.00541. The molecular formula is C27H27FN6O. The molecule has 35 heavy (non-hydrogen) atoms. The van der Waals surface area contributed by atoms with Crippen LogP contribution in [-0.4, -0.2) is 40.9 Å². The van der Waals surface area contributed by atoms with Gasteiger partial charge in [-0.3, -0.25) is 4.79 Å². The first kappa shape index (κ1) is 22.9. The molecule has 1 N–H and O–H groups in total. The van der Waals surface area contributed by atoms with Gasteiger partial charge in [0.25, 0.3) is 0 Å². The maximum Gasteiger partial charge on any atom is 0.240 e. The summed E-state index contributed by atoms with van der Waals surface area (Å²) in [7, 11) is 2.02. The molecule has 5 rings (SSSR count). The average Bonchev–Trinajstić information content (AvgIpc) is 3.25. The van der Waals surface area contributed by atoms with Gasteiger partial charge in [0.1, 0.15) is 28.9 Å². The van der Waals surface area contributed by atoms with E-state index in [-0.39, 0.29) is 11.5 Å². The fraction of sp³-hybridized carbons (Fsp3) is 0.333. The third-order valence-corrected chi connectivity index (χ3v) is 7.04. The monoisotopic (exact) mass is 470 g/mol. The SMILES string of the molecule is Cc1nc(N[C@H](C)c2cccc(C#N)c2F)c2c(n1)[C@@]1(CCN(C)C1)C(=O)N(c1ccccc1)C2. The summed E-state index contributed by atoms with van der Waals surface area (Å²) in [6, 6.07) is 15.9. The van der Waals surface area contributed by atoms with E-state index >= 15 is 0 Å². The number of aromatic nitrogens is 2. The third kappa shape index (κ3) is 3.82. The molecule has 0 bridgehead atoms. The van der Waals surface area contributed by atoms with E-state index in [0.717, 1.165) is 23.5 Å². The molecule has 1 saturated heterocycles. The molecule has 7 nitrogen and oxygen atoms in total. The summed E-state index contributed by atoms with van der Waals surface area (Å²) in [4.78, 5) is 27.4. The number of rotatable bonds is 4.